The third-order valence-corrected chi connectivity index (χ3v) is 11.7. The van der Waals surface area contributed by atoms with Crippen LogP contribution in [0.4, 0.5) is 0 Å². The van der Waals surface area contributed by atoms with Crippen LogP contribution in [-0.4, -0.2) is 7.85 Å². The molecule has 0 bridgehead atoms. The highest BCUT2D eigenvalue weighted by molar-refractivity contribution is 6.11. The van der Waals surface area contributed by atoms with Crippen LogP contribution in [0.3, 0.4) is 0 Å². The molecule has 1 heteroatoms. The highest BCUT2D eigenvalue weighted by Gasteiger charge is 2.58. The fourth-order valence-electron chi connectivity index (χ4n) is 10.9. The Morgan fingerprint density at radius 1 is 0.379 bits per heavy atom. The maximum absolute atomic E-state index is 6.53. The first-order valence-electron chi connectivity index (χ1n) is 14.1. The minimum absolute atomic E-state index is 0.519. The van der Waals surface area contributed by atoms with Crippen LogP contribution >= 0.6 is 0 Å². The zero-order valence-electron chi connectivity index (χ0n) is 18.9. The van der Waals surface area contributed by atoms with E-state index < -0.39 is 0 Å². The maximum atomic E-state index is 6.53. The van der Waals surface area contributed by atoms with Crippen molar-refractivity contribution in [2.45, 2.75) is 115 Å². The zero-order chi connectivity index (χ0) is 19.4. The van der Waals surface area contributed by atoms with Gasteiger partial charge in [-0.3, -0.25) is 0 Å². The van der Waals surface area contributed by atoms with Gasteiger partial charge in [0, 0.05) is 0 Å². The third kappa shape index (κ3) is 3.38. The van der Waals surface area contributed by atoms with Crippen molar-refractivity contribution in [3.05, 3.63) is 0 Å². The van der Waals surface area contributed by atoms with E-state index in [2.05, 4.69) is 0 Å². The SMILES string of the molecule is [B]C1CCCC(C2CC3C4CCCCC4C4CCCCC4C3C3CCCCC23)C1. The molecule has 0 N–H and O–H groups in total. The summed E-state index contributed by atoms with van der Waals surface area (Å²) in [5, 5.41) is 0. The summed E-state index contributed by atoms with van der Waals surface area (Å²) in [6, 6.07) is 0. The average molecular weight is 392 g/mol. The van der Waals surface area contributed by atoms with Crippen molar-refractivity contribution in [3.63, 3.8) is 0 Å². The maximum Gasteiger partial charge on any atom is 0.0699 e. The molecule has 0 spiro atoms. The lowest BCUT2D eigenvalue weighted by Crippen LogP contribution is -2.57. The Bertz CT molecular complexity index is 571. The molecule has 160 valence electrons. The zero-order valence-corrected chi connectivity index (χ0v) is 18.9. The molecule has 0 heterocycles. The first kappa shape index (κ1) is 19.7. The summed E-state index contributed by atoms with van der Waals surface area (Å²) in [6.07, 6.45) is 26.1. The van der Waals surface area contributed by atoms with Gasteiger partial charge in [-0.2, -0.15) is 0 Å². The molecule has 0 aliphatic heterocycles. The topological polar surface area (TPSA) is 0 Å². The van der Waals surface area contributed by atoms with Crippen molar-refractivity contribution in [2.24, 2.45) is 59.2 Å². The average Bonchev–Trinajstić information content (AvgIpc) is 2.78. The van der Waals surface area contributed by atoms with Gasteiger partial charge in [-0.15, -0.1) is 0 Å². The monoisotopic (exact) mass is 392 g/mol. The van der Waals surface area contributed by atoms with Gasteiger partial charge in [0.2, 0.25) is 0 Å². The van der Waals surface area contributed by atoms with Crippen LogP contribution in [0.5, 0.6) is 0 Å². The summed E-state index contributed by atoms with van der Waals surface area (Å²) >= 11 is 0. The normalized spacial score (nSPS) is 55.1. The van der Waals surface area contributed by atoms with Gasteiger partial charge in [-0.05, 0) is 104 Å². The van der Waals surface area contributed by atoms with Crippen LogP contribution in [-0.2, 0) is 0 Å². The lowest BCUT2D eigenvalue weighted by molar-refractivity contribution is -0.147. The minimum atomic E-state index is 0.519. The molecule has 0 amide bonds. The second-order valence-corrected chi connectivity index (χ2v) is 12.7. The fourth-order valence-corrected chi connectivity index (χ4v) is 10.9. The van der Waals surface area contributed by atoms with E-state index in [0.29, 0.717) is 5.82 Å². The molecule has 29 heavy (non-hydrogen) atoms. The van der Waals surface area contributed by atoms with E-state index >= 15 is 0 Å². The summed E-state index contributed by atoms with van der Waals surface area (Å²) in [6.45, 7) is 0. The number of fused-ring (bicyclic) bond motifs is 8. The van der Waals surface area contributed by atoms with Crippen LogP contribution in [0.2, 0.25) is 5.82 Å². The Morgan fingerprint density at radius 3 is 1.45 bits per heavy atom. The van der Waals surface area contributed by atoms with Gasteiger partial charge in [0.25, 0.3) is 0 Å². The summed E-state index contributed by atoms with van der Waals surface area (Å²) in [5.41, 5.74) is 0. The quantitative estimate of drug-likeness (QED) is 0.399. The van der Waals surface area contributed by atoms with Crippen molar-refractivity contribution >= 4 is 7.85 Å². The second-order valence-electron chi connectivity index (χ2n) is 12.7. The number of hydrogen-bond acceptors (Lipinski definition) is 0. The van der Waals surface area contributed by atoms with Crippen molar-refractivity contribution < 1.29 is 0 Å². The van der Waals surface area contributed by atoms with Crippen LogP contribution in [0.1, 0.15) is 109 Å². The van der Waals surface area contributed by atoms with E-state index in [4.69, 9.17) is 7.85 Å². The summed E-state index contributed by atoms with van der Waals surface area (Å²) in [5.74, 6) is 11.5. The summed E-state index contributed by atoms with van der Waals surface area (Å²) in [7, 11) is 6.53. The van der Waals surface area contributed by atoms with Gasteiger partial charge >= 0.3 is 0 Å². The standard InChI is InChI=1S/C28H45B/c29-19-9-7-8-18(16-19)26-17-27-22-12-2-1-10-20(22)21-11-3-5-14-24(21)28(27)25-15-6-4-13-23(25)26/h18-28H,1-17H2. The predicted molar refractivity (Wildman–Crippen MR) is 123 cm³/mol. The van der Waals surface area contributed by atoms with Gasteiger partial charge in [-0.25, -0.2) is 0 Å². The molecule has 6 saturated carbocycles. The fraction of sp³-hybridized carbons (Fsp3) is 1.00. The Hall–Kier alpha value is 0.0649. The van der Waals surface area contributed by atoms with Gasteiger partial charge in [0.1, 0.15) is 0 Å². The summed E-state index contributed by atoms with van der Waals surface area (Å²) < 4.78 is 0. The van der Waals surface area contributed by atoms with Gasteiger partial charge in [0.15, 0.2) is 0 Å². The van der Waals surface area contributed by atoms with E-state index in [1.54, 1.807) is 77.0 Å². The molecule has 2 radical (unpaired) electrons. The molecular formula is C28H45B. The number of rotatable bonds is 1. The molecule has 11 unspecified atom stereocenters. The number of hydrogen-bond donors (Lipinski definition) is 0. The van der Waals surface area contributed by atoms with Crippen LogP contribution in [0.25, 0.3) is 0 Å². The third-order valence-electron chi connectivity index (χ3n) is 11.7. The molecule has 6 rings (SSSR count). The molecule has 0 aromatic rings. The smallest absolute Gasteiger partial charge is 0.0699 e. The molecule has 11 atom stereocenters. The van der Waals surface area contributed by atoms with Crippen LogP contribution in [0, 0.1) is 59.2 Å². The first-order chi connectivity index (χ1) is 14.3. The van der Waals surface area contributed by atoms with E-state index in [1.165, 1.54) is 32.1 Å². The molecular weight excluding hydrogens is 347 g/mol. The highest BCUT2D eigenvalue weighted by atomic mass is 14.6. The van der Waals surface area contributed by atoms with E-state index in [1.807, 2.05) is 0 Å². The lowest BCUT2D eigenvalue weighted by Gasteiger charge is -2.63. The van der Waals surface area contributed by atoms with Crippen molar-refractivity contribution in [2.75, 3.05) is 0 Å². The molecule has 6 aliphatic carbocycles. The minimum Gasteiger partial charge on any atom is -0.0771 e. The molecule has 0 saturated heterocycles. The lowest BCUT2D eigenvalue weighted by atomic mass is 9.41. The molecule has 0 nitrogen and oxygen atoms in total. The molecule has 0 aromatic heterocycles. The Balaban J connectivity index is 1.34. The highest BCUT2D eigenvalue weighted by Crippen LogP contribution is 2.65. The molecule has 6 fully saturated rings. The van der Waals surface area contributed by atoms with Gasteiger partial charge in [-0.1, -0.05) is 70.0 Å². The Morgan fingerprint density at radius 2 is 0.862 bits per heavy atom. The summed E-state index contributed by atoms with van der Waals surface area (Å²) in [4.78, 5) is 0. The van der Waals surface area contributed by atoms with Crippen molar-refractivity contribution in [1.29, 1.82) is 0 Å². The Kier molecular flexibility index (Phi) is 5.58. The first-order valence-corrected chi connectivity index (χ1v) is 14.1. The second kappa shape index (κ2) is 8.20. The largest absolute Gasteiger partial charge is 0.0771 e. The van der Waals surface area contributed by atoms with E-state index in [-0.39, 0.29) is 0 Å². The van der Waals surface area contributed by atoms with Gasteiger partial charge in [0.05, 0.1) is 7.85 Å². The Labute approximate surface area is 182 Å². The van der Waals surface area contributed by atoms with Crippen molar-refractivity contribution in [1.82, 2.24) is 0 Å². The van der Waals surface area contributed by atoms with Crippen LogP contribution in [0.15, 0.2) is 0 Å². The van der Waals surface area contributed by atoms with E-state index in [0.717, 1.165) is 59.2 Å². The van der Waals surface area contributed by atoms with Crippen molar-refractivity contribution in [3.8, 4) is 0 Å². The molecule has 6 aliphatic rings. The van der Waals surface area contributed by atoms with E-state index in [9.17, 15) is 0 Å². The van der Waals surface area contributed by atoms with Gasteiger partial charge < -0.3 is 0 Å². The molecule has 0 aromatic carbocycles. The predicted octanol–water partition coefficient (Wildman–Crippen LogP) is 7.82. The van der Waals surface area contributed by atoms with Crippen LogP contribution < -0.4 is 0 Å².